The van der Waals surface area contributed by atoms with Crippen LogP contribution < -0.4 is 9.47 Å². The maximum atomic E-state index is 10.9. The van der Waals surface area contributed by atoms with E-state index in [0.29, 0.717) is 11.5 Å². The maximum Gasteiger partial charge on any atom is 0.308 e. The number of hydrogen-bond acceptors (Lipinski definition) is 3. The first kappa shape index (κ1) is 13.3. The third kappa shape index (κ3) is 4.72. The third-order valence-electron chi connectivity index (χ3n) is 1.82. The van der Waals surface area contributed by atoms with Gasteiger partial charge in [0.2, 0.25) is 0 Å². The number of carbonyl (C=O) groups is 1. The lowest BCUT2D eigenvalue weighted by atomic mass is 10.1. The van der Waals surface area contributed by atoms with Gasteiger partial charge in [-0.15, -0.1) is 0 Å². The molecule has 0 spiro atoms. The zero-order valence-corrected chi connectivity index (χ0v) is 10.7. The normalized spacial score (nSPS) is 10.8. The second-order valence-electron chi connectivity index (χ2n) is 4.75. The monoisotopic (exact) mass is 234 g/mol. The second-order valence-corrected chi connectivity index (χ2v) is 4.75. The van der Waals surface area contributed by atoms with Gasteiger partial charge < -0.3 is 9.47 Å². The van der Waals surface area contributed by atoms with Gasteiger partial charge in [-0.05, 0) is 38.5 Å². The fourth-order valence-corrected chi connectivity index (χ4v) is 1.35. The van der Waals surface area contributed by atoms with E-state index in [-0.39, 0.29) is 11.6 Å². The molecule has 0 bridgehead atoms. The van der Waals surface area contributed by atoms with Crippen LogP contribution in [0.15, 0.2) is 24.8 Å². The molecule has 0 saturated heterocycles. The standard InChI is InChI=1S/C14H18O3/c1-6-11-7-12(16-10(2)15)9-13(8-11)17-14(3,4)5/h6-9H,1H2,2-5H3. The van der Waals surface area contributed by atoms with Gasteiger partial charge in [-0.1, -0.05) is 12.7 Å². The fraction of sp³-hybridized carbons (Fsp3) is 0.357. The molecule has 0 atom stereocenters. The summed E-state index contributed by atoms with van der Waals surface area (Å²) in [6.07, 6.45) is 1.68. The molecule has 0 aliphatic heterocycles. The van der Waals surface area contributed by atoms with Crippen molar-refractivity contribution in [1.82, 2.24) is 0 Å². The van der Waals surface area contributed by atoms with E-state index in [4.69, 9.17) is 9.47 Å². The van der Waals surface area contributed by atoms with E-state index >= 15 is 0 Å². The van der Waals surface area contributed by atoms with Crippen molar-refractivity contribution in [2.24, 2.45) is 0 Å². The molecule has 0 N–H and O–H groups in total. The highest BCUT2D eigenvalue weighted by atomic mass is 16.5. The zero-order chi connectivity index (χ0) is 13.1. The summed E-state index contributed by atoms with van der Waals surface area (Å²) in [5.41, 5.74) is 0.552. The maximum absolute atomic E-state index is 10.9. The average Bonchev–Trinajstić information content (AvgIpc) is 2.13. The van der Waals surface area contributed by atoms with Crippen LogP contribution in [-0.4, -0.2) is 11.6 Å². The minimum Gasteiger partial charge on any atom is -0.488 e. The molecule has 0 fully saturated rings. The Morgan fingerprint density at radius 3 is 2.29 bits per heavy atom. The zero-order valence-electron chi connectivity index (χ0n) is 10.7. The summed E-state index contributed by atoms with van der Waals surface area (Å²) >= 11 is 0. The van der Waals surface area contributed by atoms with Crippen molar-refractivity contribution in [2.75, 3.05) is 0 Å². The summed E-state index contributed by atoms with van der Waals surface area (Å²) in [5.74, 6) is 0.772. The van der Waals surface area contributed by atoms with Crippen LogP contribution in [0.5, 0.6) is 11.5 Å². The molecule has 0 aromatic heterocycles. The highest BCUT2D eigenvalue weighted by molar-refractivity contribution is 5.70. The van der Waals surface area contributed by atoms with Crippen molar-refractivity contribution >= 4 is 12.0 Å². The molecule has 1 aromatic rings. The summed E-state index contributed by atoms with van der Waals surface area (Å²) in [4.78, 5) is 10.9. The quantitative estimate of drug-likeness (QED) is 0.593. The molecule has 1 rings (SSSR count). The topological polar surface area (TPSA) is 35.5 Å². The van der Waals surface area contributed by atoms with Crippen LogP contribution in [0.25, 0.3) is 6.08 Å². The first-order chi connectivity index (χ1) is 7.80. The number of esters is 1. The first-order valence-electron chi connectivity index (χ1n) is 5.45. The average molecular weight is 234 g/mol. The van der Waals surface area contributed by atoms with Gasteiger partial charge in [-0.2, -0.15) is 0 Å². The number of ether oxygens (including phenoxy) is 2. The van der Waals surface area contributed by atoms with E-state index in [1.54, 1.807) is 18.2 Å². The van der Waals surface area contributed by atoms with Gasteiger partial charge in [0.1, 0.15) is 17.1 Å². The molecule has 0 heterocycles. The van der Waals surface area contributed by atoms with Gasteiger partial charge >= 0.3 is 5.97 Å². The number of carbonyl (C=O) groups excluding carboxylic acids is 1. The Hall–Kier alpha value is -1.77. The molecule has 0 radical (unpaired) electrons. The van der Waals surface area contributed by atoms with Crippen molar-refractivity contribution in [3.8, 4) is 11.5 Å². The number of benzene rings is 1. The van der Waals surface area contributed by atoms with Crippen molar-refractivity contribution in [2.45, 2.75) is 33.3 Å². The van der Waals surface area contributed by atoms with Crippen LogP contribution in [0.4, 0.5) is 0 Å². The molecule has 0 saturated carbocycles. The van der Waals surface area contributed by atoms with Crippen LogP contribution in [-0.2, 0) is 4.79 Å². The molecule has 92 valence electrons. The van der Waals surface area contributed by atoms with Gasteiger partial charge in [0.25, 0.3) is 0 Å². The summed E-state index contributed by atoms with van der Waals surface area (Å²) in [6.45, 7) is 10.9. The Labute approximate surface area is 102 Å². The number of hydrogen-bond donors (Lipinski definition) is 0. The van der Waals surface area contributed by atoms with Gasteiger partial charge in [0.15, 0.2) is 0 Å². The predicted molar refractivity (Wildman–Crippen MR) is 68.2 cm³/mol. The lowest BCUT2D eigenvalue weighted by Crippen LogP contribution is -2.23. The first-order valence-corrected chi connectivity index (χ1v) is 5.45. The van der Waals surface area contributed by atoms with Gasteiger partial charge in [-0.25, -0.2) is 0 Å². The Morgan fingerprint density at radius 2 is 1.82 bits per heavy atom. The van der Waals surface area contributed by atoms with Crippen LogP contribution in [0.1, 0.15) is 33.3 Å². The van der Waals surface area contributed by atoms with Crippen LogP contribution in [0, 0.1) is 0 Å². The van der Waals surface area contributed by atoms with E-state index in [0.717, 1.165) is 5.56 Å². The molecule has 0 unspecified atom stereocenters. The Balaban J connectivity index is 3.05. The largest absolute Gasteiger partial charge is 0.488 e. The molecular formula is C14H18O3. The SMILES string of the molecule is C=Cc1cc(OC(C)=O)cc(OC(C)(C)C)c1. The Morgan fingerprint density at radius 1 is 1.24 bits per heavy atom. The molecule has 17 heavy (non-hydrogen) atoms. The van der Waals surface area contributed by atoms with Gasteiger partial charge in [-0.3, -0.25) is 4.79 Å². The highest BCUT2D eigenvalue weighted by Gasteiger charge is 2.13. The molecule has 3 nitrogen and oxygen atoms in total. The molecule has 0 aliphatic rings. The summed E-state index contributed by atoms with van der Waals surface area (Å²) in [5, 5.41) is 0. The third-order valence-corrected chi connectivity index (χ3v) is 1.82. The minimum atomic E-state index is -0.354. The Bertz CT molecular complexity index is 428. The summed E-state index contributed by atoms with van der Waals surface area (Å²) < 4.78 is 10.8. The summed E-state index contributed by atoms with van der Waals surface area (Å²) in [6, 6.07) is 5.29. The van der Waals surface area contributed by atoms with Crippen molar-refractivity contribution in [3.63, 3.8) is 0 Å². The van der Waals surface area contributed by atoms with E-state index in [1.807, 2.05) is 26.8 Å². The van der Waals surface area contributed by atoms with E-state index in [1.165, 1.54) is 6.92 Å². The predicted octanol–water partition coefficient (Wildman–Crippen LogP) is 3.43. The summed E-state index contributed by atoms with van der Waals surface area (Å²) in [7, 11) is 0. The van der Waals surface area contributed by atoms with Crippen LogP contribution >= 0.6 is 0 Å². The smallest absolute Gasteiger partial charge is 0.308 e. The van der Waals surface area contributed by atoms with Crippen LogP contribution in [0.3, 0.4) is 0 Å². The van der Waals surface area contributed by atoms with E-state index in [2.05, 4.69) is 6.58 Å². The van der Waals surface area contributed by atoms with E-state index < -0.39 is 0 Å². The van der Waals surface area contributed by atoms with Crippen molar-refractivity contribution < 1.29 is 14.3 Å². The van der Waals surface area contributed by atoms with Gasteiger partial charge in [0.05, 0.1) is 0 Å². The molecular weight excluding hydrogens is 216 g/mol. The number of rotatable bonds is 3. The van der Waals surface area contributed by atoms with Crippen molar-refractivity contribution in [1.29, 1.82) is 0 Å². The highest BCUT2D eigenvalue weighted by Crippen LogP contribution is 2.26. The molecule has 1 aromatic carbocycles. The molecule has 3 heteroatoms. The lowest BCUT2D eigenvalue weighted by Gasteiger charge is -2.21. The van der Waals surface area contributed by atoms with Crippen LogP contribution in [0.2, 0.25) is 0 Å². The minimum absolute atomic E-state index is 0.298. The van der Waals surface area contributed by atoms with Gasteiger partial charge in [0, 0.05) is 13.0 Å². The fourth-order valence-electron chi connectivity index (χ4n) is 1.35. The molecule has 0 aliphatic carbocycles. The second kappa shape index (κ2) is 5.04. The van der Waals surface area contributed by atoms with E-state index in [9.17, 15) is 4.79 Å². The lowest BCUT2D eigenvalue weighted by molar-refractivity contribution is -0.131. The Kier molecular flexibility index (Phi) is 3.94. The molecule has 0 amide bonds. The van der Waals surface area contributed by atoms with Crippen molar-refractivity contribution in [3.05, 3.63) is 30.3 Å².